The minimum atomic E-state index is -1.64. The molecular formula is C29H30BClN2O4. The summed E-state index contributed by atoms with van der Waals surface area (Å²) in [5.74, 6) is -0.752. The van der Waals surface area contributed by atoms with Crippen molar-refractivity contribution in [2.45, 2.75) is 26.3 Å². The first-order valence-electron chi connectivity index (χ1n) is 11.9. The molecule has 0 spiro atoms. The fraction of sp³-hybridized carbons (Fsp3) is 0.172. The van der Waals surface area contributed by atoms with E-state index in [0.29, 0.717) is 16.1 Å². The molecule has 0 aromatic heterocycles. The standard InChI is InChI=1S/C21H20BClN2O4.C8H10/c23-18-7-3-6-16(11-18)19(12-20(26)24-13-22(28)29)25-21(27)17-9-8-14-4-1-2-5-15(14)10-17;1-7-4-3-5-8(2)6-7/h1-11,19,28-29H,12-13H2,(H,24,26)(H,25,27);3-6H,1-2H3. The molecule has 4 aromatic carbocycles. The summed E-state index contributed by atoms with van der Waals surface area (Å²) >= 11 is 6.07. The third kappa shape index (κ3) is 9.06. The maximum atomic E-state index is 12.8. The summed E-state index contributed by atoms with van der Waals surface area (Å²) in [6, 6.07) is 27.8. The molecule has 0 aliphatic rings. The summed E-state index contributed by atoms with van der Waals surface area (Å²) in [6.45, 7) is 4.21. The summed E-state index contributed by atoms with van der Waals surface area (Å²) in [5, 5.41) is 25.6. The largest absolute Gasteiger partial charge is 0.472 e. The van der Waals surface area contributed by atoms with Crippen LogP contribution in [0.25, 0.3) is 10.8 Å². The second kappa shape index (κ2) is 13.6. The predicted octanol–water partition coefficient (Wildman–Crippen LogP) is 4.79. The number of amides is 2. The van der Waals surface area contributed by atoms with Gasteiger partial charge < -0.3 is 20.7 Å². The van der Waals surface area contributed by atoms with E-state index < -0.39 is 19.1 Å². The maximum absolute atomic E-state index is 12.8. The molecule has 190 valence electrons. The van der Waals surface area contributed by atoms with Crippen molar-refractivity contribution in [2.75, 3.05) is 6.44 Å². The van der Waals surface area contributed by atoms with Crippen LogP contribution in [0.5, 0.6) is 0 Å². The van der Waals surface area contributed by atoms with E-state index in [1.54, 1.807) is 36.4 Å². The molecule has 6 nitrogen and oxygen atoms in total. The van der Waals surface area contributed by atoms with Gasteiger partial charge in [0.05, 0.1) is 18.9 Å². The lowest BCUT2D eigenvalue weighted by Gasteiger charge is -2.19. The van der Waals surface area contributed by atoms with Crippen LogP contribution in [-0.4, -0.2) is 35.4 Å². The lowest BCUT2D eigenvalue weighted by Crippen LogP contribution is -2.38. The molecule has 0 heterocycles. The quantitative estimate of drug-likeness (QED) is 0.266. The van der Waals surface area contributed by atoms with Crippen LogP contribution in [0, 0.1) is 13.8 Å². The highest BCUT2D eigenvalue weighted by Gasteiger charge is 2.21. The molecule has 0 radical (unpaired) electrons. The van der Waals surface area contributed by atoms with Gasteiger partial charge >= 0.3 is 7.12 Å². The van der Waals surface area contributed by atoms with E-state index in [1.807, 2.05) is 30.3 Å². The molecule has 1 unspecified atom stereocenters. The first-order chi connectivity index (χ1) is 17.7. The van der Waals surface area contributed by atoms with E-state index in [9.17, 15) is 9.59 Å². The van der Waals surface area contributed by atoms with Crippen molar-refractivity contribution in [1.82, 2.24) is 10.6 Å². The van der Waals surface area contributed by atoms with E-state index in [4.69, 9.17) is 21.6 Å². The Morgan fingerprint density at radius 2 is 1.51 bits per heavy atom. The van der Waals surface area contributed by atoms with Crippen molar-refractivity contribution in [2.24, 2.45) is 0 Å². The highest BCUT2D eigenvalue weighted by Crippen LogP contribution is 2.22. The number of fused-ring (bicyclic) bond motifs is 1. The van der Waals surface area contributed by atoms with E-state index in [0.717, 1.165) is 10.8 Å². The lowest BCUT2D eigenvalue weighted by molar-refractivity contribution is -0.121. The lowest BCUT2D eigenvalue weighted by atomic mass is 9.92. The number of nitrogens with one attached hydrogen (secondary N) is 2. The second-order valence-electron chi connectivity index (χ2n) is 8.79. The van der Waals surface area contributed by atoms with Gasteiger partial charge in [0.15, 0.2) is 0 Å². The van der Waals surface area contributed by atoms with Crippen LogP contribution in [0.15, 0.2) is 91.0 Å². The molecule has 37 heavy (non-hydrogen) atoms. The predicted molar refractivity (Wildman–Crippen MR) is 149 cm³/mol. The van der Waals surface area contributed by atoms with Crippen LogP contribution in [0.4, 0.5) is 0 Å². The third-order valence-corrected chi connectivity index (χ3v) is 5.85. The Balaban J connectivity index is 0.000000405. The Kier molecular flexibility index (Phi) is 10.3. The molecular weight excluding hydrogens is 487 g/mol. The normalized spacial score (nSPS) is 11.2. The first-order valence-corrected chi connectivity index (χ1v) is 12.3. The first kappa shape index (κ1) is 27.9. The smallest absolute Gasteiger partial charge is 0.426 e. The van der Waals surface area contributed by atoms with E-state index in [2.05, 4.69) is 48.7 Å². The number of rotatable bonds is 7. The molecule has 0 fully saturated rings. The van der Waals surface area contributed by atoms with Crippen LogP contribution >= 0.6 is 11.6 Å². The molecule has 0 aliphatic heterocycles. The SMILES string of the molecule is Cc1cccc(C)c1.O=C(CC(NC(=O)c1ccc2ccccc2c1)c1cccc(Cl)c1)NCB(O)O. The summed E-state index contributed by atoms with van der Waals surface area (Å²) in [7, 11) is -1.64. The minimum Gasteiger partial charge on any atom is -0.426 e. The molecule has 8 heteroatoms. The van der Waals surface area contributed by atoms with Crippen molar-refractivity contribution in [3.8, 4) is 0 Å². The van der Waals surface area contributed by atoms with Crippen LogP contribution in [-0.2, 0) is 4.79 Å². The second-order valence-corrected chi connectivity index (χ2v) is 9.23. The van der Waals surface area contributed by atoms with Crippen molar-refractivity contribution in [3.05, 3.63) is 118 Å². The van der Waals surface area contributed by atoms with Crippen molar-refractivity contribution >= 4 is 41.3 Å². The Morgan fingerprint density at radius 1 is 0.838 bits per heavy atom. The van der Waals surface area contributed by atoms with Gasteiger partial charge in [0, 0.05) is 10.6 Å². The van der Waals surface area contributed by atoms with Gasteiger partial charge in [-0.3, -0.25) is 9.59 Å². The Labute approximate surface area is 222 Å². The van der Waals surface area contributed by atoms with Gasteiger partial charge in [-0.1, -0.05) is 89.5 Å². The maximum Gasteiger partial charge on any atom is 0.472 e. The fourth-order valence-corrected chi connectivity index (χ4v) is 4.02. The highest BCUT2D eigenvalue weighted by atomic mass is 35.5. The number of hydrogen-bond donors (Lipinski definition) is 4. The van der Waals surface area contributed by atoms with Crippen molar-refractivity contribution in [1.29, 1.82) is 0 Å². The van der Waals surface area contributed by atoms with Crippen molar-refractivity contribution in [3.63, 3.8) is 0 Å². The molecule has 0 aliphatic carbocycles. The van der Waals surface area contributed by atoms with Crippen LogP contribution in [0.1, 0.15) is 39.5 Å². The molecule has 1 atom stereocenters. The number of aryl methyl sites for hydroxylation is 2. The molecule has 0 bridgehead atoms. The highest BCUT2D eigenvalue weighted by molar-refractivity contribution is 6.41. The summed E-state index contributed by atoms with van der Waals surface area (Å²) < 4.78 is 0. The zero-order chi connectivity index (χ0) is 26.8. The number of carbonyl (C=O) groups is 2. The van der Waals surface area contributed by atoms with Gasteiger partial charge in [-0.25, -0.2) is 0 Å². The van der Waals surface area contributed by atoms with Crippen LogP contribution in [0.3, 0.4) is 0 Å². The molecule has 0 saturated carbocycles. The van der Waals surface area contributed by atoms with E-state index in [-0.39, 0.29) is 18.8 Å². The van der Waals surface area contributed by atoms with E-state index >= 15 is 0 Å². The topological polar surface area (TPSA) is 98.7 Å². The number of benzene rings is 4. The average molecular weight is 517 g/mol. The molecule has 0 saturated heterocycles. The summed E-state index contributed by atoms with van der Waals surface area (Å²) in [5.41, 5.74) is 3.82. The number of halogens is 1. The fourth-order valence-electron chi connectivity index (χ4n) is 3.82. The minimum absolute atomic E-state index is 0.0770. The number of hydrogen-bond acceptors (Lipinski definition) is 4. The molecule has 4 rings (SSSR count). The van der Waals surface area contributed by atoms with Gasteiger partial charge in [0.25, 0.3) is 5.91 Å². The van der Waals surface area contributed by atoms with Crippen LogP contribution < -0.4 is 10.6 Å². The van der Waals surface area contributed by atoms with Gasteiger partial charge in [-0.15, -0.1) is 0 Å². The summed E-state index contributed by atoms with van der Waals surface area (Å²) in [4.78, 5) is 25.0. The molecule has 2 amide bonds. The monoisotopic (exact) mass is 516 g/mol. The zero-order valence-corrected chi connectivity index (χ0v) is 21.6. The zero-order valence-electron chi connectivity index (χ0n) is 20.8. The van der Waals surface area contributed by atoms with Gasteiger partial charge in [-0.05, 0) is 54.4 Å². The third-order valence-electron chi connectivity index (χ3n) is 5.61. The number of carbonyl (C=O) groups excluding carboxylic acids is 2. The molecule has 4 aromatic rings. The Hall–Kier alpha value is -3.65. The van der Waals surface area contributed by atoms with Crippen LogP contribution in [0.2, 0.25) is 5.02 Å². The van der Waals surface area contributed by atoms with Gasteiger partial charge in [0.1, 0.15) is 0 Å². The molecule has 4 N–H and O–H groups in total. The van der Waals surface area contributed by atoms with Crippen molar-refractivity contribution < 1.29 is 19.6 Å². The van der Waals surface area contributed by atoms with Gasteiger partial charge in [-0.2, -0.15) is 0 Å². The van der Waals surface area contributed by atoms with Gasteiger partial charge in [0.2, 0.25) is 5.91 Å². The Bertz CT molecular complexity index is 1350. The Morgan fingerprint density at radius 3 is 2.14 bits per heavy atom. The average Bonchev–Trinajstić information content (AvgIpc) is 2.87. The van der Waals surface area contributed by atoms with E-state index in [1.165, 1.54) is 11.1 Å². The summed E-state index contributed by atoms with van der Waals surface area (Å²) in [6.07, 6.45) is -0.369.